The maximum Gasteiger partial charge on any atom is 0.264 e. The fourth-order valence-electron chi connectivity index (χ4n) is 2.42. The zero-order valence-electron chi connectivity index (χ0n) is 13.1. The Morgan fingerprint density at radius 2 is 1.96 bits per heavy atom. The maximum atomic E-state index is 12.8. The molecule has 5 nitrogen and oxygen atoms in total. The Labute approximate surface area is 145 Å². The van der Waals surface area contributed by atoms with E-state index in [4.69, 9.17) is 16.3 Å². The number of nitrogens with one attached hydrogen (secondary N) is 1. The third kappa shape index (κ3) is 3.16. The second kappa shape index (κ2) is 6.30. The van der Waals surface area contributed by atoms with E-state index >= 15 is 0 Å². The van der Waals surface area contributed by atoms with Crippen molar-refractivity contribution in [2.75, 3.05) is 11.8 Å². The molecule has 3 aromatic rings. The summed E-state index contributed by atoms with van der Waals surface area (Å²) in [5, 5.41) is 1.16. The monoisotopic (exact) mass is 362 g/mol. The molecule has 0 aliphatic heterocycles. The Bertz CT molecular complexity index is 1020. The minimum absolute atomic E-state index is 0.0991. The van der Waals surface area contributed by atoms with Gasteiger partial charge in [-0.05, 0) is 42.8 Å². The molecule has 7 heteroatoms. The SMILES string of the molecule is COc1ccc(Cl)cc1NS(=O)(=O)c1cccc2cc(C)cnc12. The van der Waals surface area contributed by atoms with Crippen LogP contribution in [0.2, 0.25) is 5.02 Å². The van der Waals surface area contributed by atoms with E-state index in [1.165, 1.54) is 19.2 Å². The lowest BCUT2D eigenvalue weighted by atomic mass is 10.2. The van der Waals surface area contributed by atoms with Gasteiger partial charge in [0.1, 0.15) is 10.6 Å². The van der Waals surface area contributed by atoms with E-state index in [1.807, 2.05) is 19.1 Å². The van der Waals surface area contributed by atoms with Gasteiger partial charge in [0.15, 0.2) is 0 Å². The Morgan fingerprint density at radius 1 is 1.17 bits per heavy atom. The standard InChI is InChI=1S/C17H15ClN2O3S/c1-11-8-12-4-3-5-16(17(12)19-10-11)24(21,22)20-14-9-13(18)6-7-15(14)23-2/h3-10,20H,1-2H3. The summed E-state index contributed by atoms with van der Waals surface area (Å²) in [7, 11) is -2.39. The molecule has 0 aliphatic carbocycles. The van der Waals surface area contributed by atoms with Crippen molar-refractivity contribution in [2.45, 2.75) is 11.8 Å². The minimum Gasteiger partial charge on any atom is -0.495 e. The Morgan fingerprint density at radius 3 is 2.71 bits per heavy atom. The zero-order chi connectivity index (χ0) is 17.3. The molecule has 2 aromatic carbocycles. The first-order chi connectivity index (χ1) is 11.4. The van der Waals surface area contributed by atoms with Gasteiger partial charge in [0.05, 0.1) is 18.3 Å². The second-order valence-electron chi connectivity index (χ2n) is 5.29. The van der Waals surface area contributed by atoms with Crippen LogP contribution in [0, 0.1) is 6.92 Å². The highest BCUT2D eigenvalue weighted by atomic mass is 35.5. The van der Waals surface area contributed by atoms with Gasteiger partial charge in [-0.25, -0.2) is 8.42 Å². The number of hydrogen-bond acceptors (Lipinski definition) is 4. The molecule has 3 rings (SSSR count). The van der Waals surface area contributed by atoms with Crippen LogP contribution < -0.4 is 9.46 Å². The molecule has 1 aromatic heterocycles. The highest BCUT2D eigenvalue weighted by Crippen LogP contribution is 2.31. The Hall–Kier alpha value is -2.31. The topological polar surface area (TPSA) is 68.3 Å². The molecule has 0 atom stereocenters. The van der Waals surface area contributed by atoms with Crippen molar-refractivity contribution >= 4 is 38.2 Å². The summed E-state index contributed by atoms with van der Waals surface area (Å²) < 4.78 is 33.4. The summed E-state index contributed by atoms with van der Waals surface area (Å²) in [4.78, 5) is 4.37. The van der Waals surface area contributed by atoms with Gasteiger partial charge >= 0.3 is 0 Å². The highest BCUT2D eigenvalue weighted by molar-refractivity contribution is 7.93. The fraction of sp³-hybridized carbons (Fsp3) is 0.118. The van der Waals surface area contributed by atoms with Crippen LogP contribution >= 0.6 is 11.6 Å². The molecule has 0 saturated heterocycles. The number of halogens is 1. The molecule has 124 valence electrons. The first-order valence-corrected chi connectivity index (χ1v) is 8.98. The number of nitrogens with zero attached hydrogens (tertiary/aromatic N) is 1. The summed E-state index contributed by atoms with van der Waals surface area (Å²) >= 11 is 5.96. The number of para-hydroxylation sites is 1. The Balaban J connectivity index is 2.11. The lowest BCUT2D eigenvalue weighted by Gasteiger charge is -2.13. The zero-order valence-corrected chi connectivity index (χ0v) is 14.6. The third-order valence-electron chi connectivity index (χ3n) is 3.51. The molecular formula is C17H15ClN2O3S. The van der Waals surface area contributed by atoms with Gasteiger partial charge in [0.2, 0.25) is 0 Å². The number of aryl methyl sites for hydroxylation is 1. The van der Waals surface area contributed by atoms with Gasteiger partial charge in [-0.1, -0.05) is 23.7 Å². The van der Waals surface area contributed by atoms with Crippen molar-refractivity contribution in [2.24, 2.45) is 0 Å². The molecule has 1 heterocycles. The second-order valence-corrected chi connectivity index (χ2v) is 7.38. The molecule has 24 heavy (non-hydrogen) atoms. The van der Waals surface area contributed by atoms with E-state index in [9.17, 15) is 8.42 Å². The molecular weight excluding hydrogens is 348 g/mol. The van der Waals surface area contributed by atoms with Crippen LogP contribution in [-0.4, -0.2) is 20.5 Å². The van der Waals surface area contributed by atoms with Gasteiger partial charge < -0.3 is 4.74 Å². The average molecular weight is 363 g/mol. The number of hydrogen-bond donors (Lipinski definition) is 1. The van der Waals surface area contributed by atoms with Gasteiger partial charge in [-0.3, -0.25) is 9.71 Å². The fourth-order valence-corrected chi connectivity index (χ4v) is 3.83. The van der Waals surface area contributed by atoms with Crippen LogP contribution in [0.1, 0.15) is 5.56 Å². The van der Waals surface area contributed by atoms with E-state index in [0.29, 0.717) is 16.3 Å². The van der Waals surface area contributed by atoms with Crippen LogP contribution in [-0.2, 0) is 10.0 Å². The predicted molar refractivity (Wildman–Crippen MR) is 95.3 cm³/mol. The first-order valence-electron chi connectivity index (χ1n) is 7.12. The van der Waals surface area contributed by atoms with Crippen molar-refractivity contribution < 1.29 is 13.2 Å². The van der Waals surface area contributed by atoms with Crippen molar-refractivity contribution in [3.63, 3.8) is 0 Å². The molecule has 0 bridgehead atoms. The molecule has 0 fully saturated rings. The number of methoxy groups -OCH3 is 1. The maximum absolute atomic E-state index is 12.8. The number of ether oxygens (including phenoxy) is 1. The smallest absolute Gasteiger partial charge is 0.264 e. The number of anilines is 1. The van der Waals surface area contributed by atoms with E-state index in [2.05, 4.69) is 9.71 Å². The average Bonchev–Trinajstić information content (AvgIpc) is 2.54. The van der Waals surface area contributed by atoms with Crippen LogP contribution in [0.25, 0.3) is 10.9 Å². The summed E-state index contributed by atoms with van der Waals surface area (Å²) in [5.41, 5.74) is 1.65. The largest absolute Gasteiger partial charge is 0.495 e. The number of sulfonamides is 1. The molecule has 0 spiro atoms. The van der Waals surface area contributed by atoms with Crippen molar-refractivity contribution in [3.05, 3.63) is 59.2 Å². The summed E-state index contributed by atoms with van der Waals surface area (Å²) in [6.07, 6.45) is 1.64. The molecule has 0 unspecified atom stereocenters. The normalized spacial score (nSPS) is 11.5. The van der Waals surface area contributed by atoms with Crippen molar-refractivity contribution in [1.82, 2.24) is 4.98 Å². The molecule has 0 saturated carbocycles. The predicted octanol–water partition coefficient (Wildman–Crippen LogP) is 4.01. The number of aromatic nitrogens is 1. The minimum atomic E-state index is -3.85. The molecule has 1 N–H and O–H groups in total. The number of pyridine rings is 1. The number of rotatable bonds is 4. The third-order valence-corrected chi connectivity index (χ3v) is 5.14. The highest BCUT2D eigenvalue weighted by Gasteiger charge is 2.20. The lowest BCUT2D eigenvalue weighted by molar-refractivity contribution is 0.417. The van der Waals surface area contributed by atoms with Crippen LogP contribution in [0.15, 0.2) is 53.6 Å². The molecule has 0 radical (unpaired) electrons. The van der Waals surface area contributed by atoms with Crippen LogP contribution in [0.3, 0.4) is 0 Å². The van der Waals surface area contributed by atoms with E-state index in [1.54, 1.807) is 24.4 Å². The number of fused-ring (bicyclic) bond motifs is 1. The van der Waals surface area contributed by atoms with Crippen molar-refractivity contribution in [3.8, 4) is 5.75 Å². The summed E-state index contributed by atoms with van der Waals surface area (Å²) in [5.74, 6) is 0.381. The lowest BCUT2D eigenvalue weighted by Crippen LogP contribution is -2.14. The first kappa shape index (κ1) is 16.5. The number of benzene rings is 2. The van der Waals surface area contributed by atoms with E-state index in [0.717, 1.165) is 10.9 Å². The summed E-state index contributed by atoms with van der Waals surface area (Å²) in [6, 6.07) is 11.7. The van der Waals surface area contributed by atoms with Gasteiger partial charge in [0.25, 0.3) is 10.0 Å². The Kier molecular flexibility index (Phi) is 4.34. The van der Waals surface area contributed by atoms with Crippen LogP contribution in [0.5, 0.6) is 5.75 Å². The molecule has 0 amide bonds. The summed E-state index contributed by atoms with van der Waals surface area (Å²) in [6.45, 7) is 1.91. The quantitative estimate of drug-likeness (QED) is 0.761. The van der Waals surface area contributed by atoms with Crippen LogP contribution in [0.4, 0.5) is 5.69 Å². The van der Waals surface area contributed by atoms with Gasteiger partial charge in [-0.15, -0.1) is 0 Å². The van der Waals surface area contributed by atoms with E-state index < -0.39 is 10.0 Å². The molecule has 0 aliphatic rings. The van der Waals surface area contributed by atoms with E-state index in [-0.39, 0.29) is 10.6 Å². The van der Waals surface area contributed by atoms with Crippen molar-refractivity contribution in [1.29, 1.82) is 0 Å². The van der Waals surface area contributed by atoms with Gasteiger partial charge in [0, 0.05) is 16.6 Å². The van der Waals surface area contributed by atoms with Gasteiger partial charge in [-0.2, -0.15) is 0 Å².